The summed E-state index contributed by atoms with van der Waals surface area (Å²) in [6.07, 6.45) is 0.750. The highest BCUT2D eigenvalue weighted by atomic mass is 16.5. The molecule has 1 aliphatic rings. The number of hydrogen-bond donors (Lipinski definition) is 0. The molecule has 0 aromatic heterocycles. The second-order valence-electron chi connectivity index (χ2n) is 4.01. The van der Waals surface area contributed by atoms with Gasteiger partial charge in [-0.05, 0) is 6.54 Å². The van der Waals surface area contributed by atoms with E-state index in [2.05, 4.69) is 11.8 Å². The first-order valence-electron chi connectivity index (χ1n) is 5.75. The average molecular weight is 214 g/mol. The van der Waals surface area contributed by atoms with Crippen LogP contribution in [-0.2, 0) is 9.53 Å². The summed E-state index contributed by atoms with van der Waals surface area (Å²) in [4.78, 5) is 15.5. The van der Waals surface area contributed by atoms with Crippen molar-refractivity contribution >= 4 is 5.91 Å². The number of amides is 1. The SMILES string of the molecule is CCC(=O)N(C)CC1CN(CC)CCO1. The highest BCUT2D eigenvalue weighted by Crippen LogP contribution is 2.06. The molecular formula is C11H22N2O2. The van der Waals surface area contributed by atoms with Gasteiger partial charge in [0.25, 0.3) is 0 Å². The van der Waals surface area contributed by atoms with Crippen molar-refractivity contribution in [3.63, 3.8) is 0 Å². The molecular weight excluding hydrogens is 192 g/mol. The fraction of sp³-hybridized carbons (Fsp3) is 0.909. The van der Waals surface area contributed by atoms with Gasteiger partial charge in [0.1, 0.15) is 0 Å². The molecule has 1 amide bonds. The second kappa shape index (κ2) is 6.08. The van der Waals surface area contributed by atoms with Gasteiger partial charge in [0.05, 0.1) is 12.7 Å². The van der Waals surface area contributed by atoms with Crippen molar-refractivity contribution in [2.75, 3.05) is 39.8 Å². The molecule has 0 N–H and O–H groups in total. The third-order valence-electron chi connectivity index (χ3n) is 2.88. The van der Waals surface area contributed by atoms with Crippen LogP contribution in [0.2, 0.25) is 0 Å². The van der Waals surface area contributed by atoms with Gasteiger partial charge in [-0.1, -0.05) is 13.8 Å². The van der Waals surface area contributed by atoms with E-state index >= 15 is 0 Å². The van der Waals surface area contributed by atoms with Crippen LogP contribution < -0.4 is 0 Å². The number of hydrogen-bond acceptors (Lipinski definition) is 3. The van der Waals surface area contributed by atoms with Crippen LogP contribution in [0.1, 0.15) is 20.3 Å². The van der Waals surface area contributed by atoms with E-state index in [1.807, 2.05) is 14.0 Å². The smallest absolute Gasteiger partial charge is 0.222 e. The molecule has 1 saturated heterocycles. The highest BCUT2D eigenvalue weighted by molar-refractivity contribution is 5.75. The molecule has 1 unspecified atom stereocenters. The summed E-state index contributed by atoms with van der Waals surface area (Å²) in [7, 11) is 1.85. The lowest BCUT2D eigenvalue weighted by Gasteiger charge is -2.34. The topological polar surface area (TPSA) is 32.8 Å². The largest absolute Gasteiger partial charge is 0.374 e. The molecule has 1 fully saturated rings. The van der Waals surface area contributed by atoms with Gasteiger partial charge >= 0.3 is 0 Å². The van der Waals surface area contributed by atoms with Gasteiger partial charge < -0.3 is 9.64 Å². The van der Waals surface area contributed by atoms with Crippen molar-refractivity contribution in [2.24, 2.45) is 0 Å². The Bertz CT molecular complexity index is 209. The van der Waals surface area contributed by atoms with Crippen LogP contribution in [0, 0.1) is 0 Å². The molecule has 0 aromatic carbocycles. The normalized spacial score (nSPS) is 22.7. The molecule has 1 atom stereocenters. The lowest BCUT2D eigenvalue weighted by molar-refractivity contribution is -0.132. The van der Waals surface area contributed by atoms with Crippen LogP contribution in [0.15, 0.2) is 0 Å². The standard InChI is InChI=1S/C11H22N2O2/c1-4-11(14)12(3)8-10-9-13(5-2)6-7-15-10/h10H,4-9H2,1-3H3. The molecule has 4 heteroatoms. The Hall–Kier alpha value is -0.610. The first kappa shape index (κ1) is 12.5. The van der Waals surface area contributed by atoms with Crippen LogP contribution in [0.4, 0.5) is 0 Å². The molecule has 0 radical (unpaired) electrons. The average Bonchev–Trinajstić information content (AvgIpc) is 2.28. The van der Waals surface area contributed by atoms with Gasteiger partial charge in [-0.25, -0.2) is 0 Å². The summed E-state index contributed by atoms with van der Waals surface area (Å²) in [5.74, 6) is 0.187. The molecule has 88 valence electrons. The van der Waals surface area contributed by atoms with Crippen LogP contribution in [0.25, 0.3) is 0 Å². The van der Waals surface area contributed by atoms with Crippen molar-refractivity contribution in [3.05, 3.63) is 0 Å². The summed E-state index contributed by atoms with van der Waals surface area (Å²) < 4.78 is 5.64. The summed E-state index contributed by atoms with van der Waals surface area (Å²) in [6.45, 7) is 8.56. The Labute approximate surface area is 92.2 Å². The molecule has 1 heterocycles. The van der Waals surface area contributed by atoms with E-state index in [0.29, 0.717) is 13.0 Å². The number of morpholine rings is 1. The van der Waals surface area contributed by atoms with Crippen LogP contribution in [-0.4, -0.2) is 61.6 Å². The van der Waals surface area contributed by atoms with E-state index < -0.39 is 0 Å². The summed E-state index contributed by atoms with van der Waals surface area (Å²) in [5, 5.41) is 0. The predicted octanol–water partition coefficient (Wildman–Crippen LogP) is 0.575. The van der Waals surface area contributed by atoms with Gasteiger partial charge in [0.15, 0.2) is 0 Å². The van der Waals surface area contributed by atoms with Gasteiger partial charge in [0.2, 0.25) is 5.91 Å². The zero-order chi connectivity index (χ0) is 11.3. The Kier molecular flexibility index (Phi) is 5.05. The Morgan fingerprint density at radius 1 is 1.53 bits per heavy atom. The summed E-state index contributed by atoms with van der Waals surface area (Å²) in [5.41, 5.74) is 0. The summed E-state index contributed by atoms with van der Waals surface area (Å²) >= 11 is 0. The number of rotatable bonds is 4. The third-order valence-corrected chi connectivity index (χ3v) is 2.88. The molecule has 0 saturated carbocycles. The van der Waals surface area contributed by atoms with E-state index in [4.69, 9.17) is 4.74 Å². The molecule has 1 aliphatic heterocycles. The van der Waals surface area contributed by atoms with Crippen LogP contribution >= 0.6 is 0 Å². The molecule has 0 aromatic rings. The molecule has 1 rings (SSSR count). The molecule has 0 bridgehead atoms. The van der Waals surface area contributed by atoms with E-state index in [-0.39, 0.29) is 12.0 Å². The Morgan fingerprint density at radius 3 is 2.87 bits per heavy atom. The van der Waals surface area contributed by atoms with Crippen molar-refractivity contribution in [2.45, 2.75) is 26.4 Å². The quantitative estimate of drug-likeness (QED) is 0.686. The minimum absolute atomic E-state index is 0.180. The third kappa shape index (κ3) is 3.80. The second-order valence-corrected chi connectivity index (χ2v) is 4.01. The fourth-order valence-electron chi connectivity index (χ4n) is 1.86. The van der Waals surface area contributed by atoms with E-state index in [1.54, 1.807) is 4.90 Å². The Morgan fingerprint density at radius 2 is 2.27 bits per heavy atom. The number of nitrogens with zero attached hydrogens (tertiary/aromatic N) is 2. The monoisotopic (exact) mass is 214 g/mol. The van der Waals surface area contributed by atoms with Crippen molar-refractivity contribution < 1.29 is 9.53 Å². The van der Waals surface area contributed by atoms with Gasteiger partial charge in [-0.3, -0.25) is 9.69 Å². The van der Waals surface area contributed by atoms with Gasteiger partial charge in [-0.2, -0.15) is 0 Å². The Balaban J connectivity index is 2.34. The molecule has 15 heavy (non-hydrogen) atoms. The first-order valence-corrected chi connectivity index (χ1v) is 5.75. The van der Waals surface area contributed by atoms with E-state index in [9.17, 15) is 4.79 Å². The maximum absolute atomic E-state index is 11.4. The predicted molar refractivity (Wildman–Crippen MR) is 59.8 cm³/mol. The van der Waals surface area contributed by atoms with Gasteiger partial charge in [-0.15, -0.1) is 0 Å². The zero-order valence-electron chi connectivity index (χ0n) is 10.0. The van der Waals surface area contributed by atoms with Crippen molar-refractivity contribution in [3.8, 4) is 0 Å². The van der Waals surface area contributed by atoms with Crippen LogP contribution in [0.5, 0.6) is 0 Å². The molecule has 4 nitrogen and oxygen atoms in total. The highest BCUT2D eigenvalue weighted by Gasteiger charge is 2.21. The minimum atomic E-state index is 0.180. The maximum atomic E-state index is 11.4. The van der Waals surface area contributed by atoms with Crippen molar-refractivity contribution in [1.29, 1.82) is 0 Å². The van der Waals surface area contributed by atoms with Crippen molar-refractivity contribution in [1.82, 2.24) is 9.80 Å². The maximum Gasteiger partial charge on any atom is 0.222 e. The number of ether oxygens (including phenoxy) is 1. The molecule has 0 spiro atoms. The first-order chi connectivity index (χ1) is 7.17. The number of carbonyl (C=O) groups excluding carboxylic acids is 1. The van der Waals surface area contributed by atoms with E-state index in [1.165, 1.54) is 0 Å². The molecule has 0 aliphatic carbocycles. The number of likely N-dealkylation sites (N-methyl/N-ethyl adjacent to an activating group) is 2. The number of carbonyl (C=O) groups is 1. The lowest BCUT2D eigenvalue weighted by Crippen LogP contribution is -2.47. The van der Waals surface area contributed by atoms with Crippen LogP contribution in [0.3, 0.4) is 0 Å². The lowest BCUT2D eigenvalue weighted by atomic mass is 10.2. The summed E-state index contributed by atoms with van der Waals surface area (Å²) in [6, 6.07) is 0. The fourth-order valence-corrected chi connectivity index (χ4v) is 1.86. The van der Waals surface area contributed by atoms with E-state index in [0.717, 1.165) is 26.2 Å². The minimum Gasteiger partial charge on any atom is -0.374 e. The van der Waals surface area contributed by atoms with Gasteiger partial charge in [0, 0.05) is 33.1 Å². The zero-order valence-corrected chi connectivity index (χ0v) is 10.0.